The van der Waals surface area contributed by atoms with Crippen molar-refractivity contribution in [2.24, 2.45) is 5.92 Å². The third kappa shape index (κ3) is 4.56. The molecule has 0 aliphatic heterocycles. The summed E-state index contributed by atoms with van der Waals surface area (Å²) in [6.07, 6.45) is 4.76. The molecule has 1 unspecified atom stereocenters. The molecule has 0 aliphatic rings. The van der Waals surface area contributed by atoms with Crippen LogP contribution in [-0.2, 0) is 0 Å². The Balaban J connectivity index is 1.96. The van der Waals surface area contributed by atoms with E-state index in [0.717, 1.165) is 10.9 Å². The van der Waals surface area contributed by atoms with Crippen LogP contribution in [-0.4, -0.2) is 27.4 Å². The van der Waals surface area contributed by atoms with Crippen molar-refractivity contribution in [3.05, 3.63) is 69.6 Å². The van der Waals surface area contributed by atoms with Gasteiger partial charge in [0, 0.05) is 30.8 Å². The molecule has 8 heteroatoms. The lowest BCUT2D eigenvalue weighted by Gasteiger charge is -2.31. The Morgan fingerprint density at radius 3 is 2.72 bits per heavy atom. The number of hydrogen-bond acceptors (Lipinski definition) is 3. The third-order valence-corrected chi connectivity index (χ3v) is 4.94. The molecule has 3 rings (SSSR count). The lowest BCUT2D eigenvalue weighted by molar-refractivity contribution is 0.184. The van der Waals surface area contributed by atoms with Crippen molar-refractivity contribution >= 4 is 34.1 Å². The molecule has 2 amide bonds. The molecule has 1 atom stereocenters. The van der Waals surface area contributed by atoms with Crippen molar-refractivity contribution in [1.82, 2.24) is 14.9 Å². The molecule has 0 bridgehead atoms. The molecule has 0 saturated carbocycles. The summed E-state index contributed by atoms with van der Waals surface area (Å²) in [5.74, 6) is -0.346. The third-order valence-electron chi connectivity index (χ3n) is 4.65. The molecule has 0 fully saturated rings. The van der Waals surface area contributed by atoms with Gasteiger partial charge in [-0.05, 0) is 48.1 Å². The SMILES string of the molecule is CC(C)CN(C(=O)Nc1ccc(F)c(Cl)c1)C(C)c1c[nH]c(=O)c2cnccc12. The maximum absolute atomic E-state index is 13.4. The molecule has 2 heterocycles. The predicted molar refractivity (Wildman–Crippen MR) is 113 cm³/mol. The predicted octanol–water partition coefficient (Wildman–Crippen LogP) is 4.97. The fourth-order valence-electron chi connectivity index (χ4n) is 3.22. The standard InChI is InChI=1S/C21H22ClFN4O2/c1-12(2)11-27(21(29)26-14-4-5-19(23)18(22)8-14)13(3)16-10-25-20(28)17-9-24-7-6-15(16)17/h4-10,12-13H,11H2,1-3H3,(H,25,28)(H,26,29). The lowest BCUT2D eigenvalue weighted by Crippen LogP contribution is -2.39. The van der Waals surface area contributed by atoms with Gasteiger partial charge in [0.2, 0.25) is 0 Å². The molecule has 152 valence electrons. The second-order valence-corrected chi connectivity index (χ2v) is 7.68. The maximum atomic E-state index is 13.4. The van der Waals surface area contributed by atoms with E-state index in [9.17, 15) is 14.0 Å². The number of fused-ring (bicyclic) bond motifs is 1. The summed E-state index contributed by atoms with van der Waals surface area (Å²) in [6, 6.07) is 5.11. The number of nitrogens with one attached hydrogen (secondary N) is 2. The van der Waals surface area contributed by atoms with Gasteiger partial charge in [-0.1, -0.05) is 25.4 Å². The normalized spacial score (nSPS) is 12.2. The Morgan fingerprint density at radius 1 is 1.28 bits per heavy atom. The number of amides is 2. The average Bonchev–Trinajstić information content (AvgIpc) is 2.69. The first kappa shape index (κ1) is 20.8. The highest BCUT2D eigenvalue weighted by molar-refractivity contribution is 6.31. The fraction of sp³-hybridized carbons (Fsp3) is 0.286. The van der Waals surface area contributed by atoms with Gasteiger partial charge in [0.05, 0.1) is 16.5 Å². The Morgan fingerprint density at radius 2 is 2.03 bits per heavy atom. The van der Waals surface area contributed by atoms with Crippen molar-refractivity contribution < 1.29 is 9.18 Å². The number of nitrogens with zero attached hydrogens (tertiary/aromatic N) is 2. The molecule has 1 aromatic carbocycles. The van der Waals surface area contributed by atoms with Crippen LogP contribution in [0, 0.1) is 11.7 Å². The molecular formula is C21H22ClFN4O2. The number of halogens is 2. The summed E-state index contributed by atoms with van der Waals surface area (Å²) in [4.78, 5) is 33.6. The molecule has 0 aliphatic carbocycles. The van der Waals surface area contributed by atoms with Crippen LogP contribution in [0.2, 0.25) is 5.02 Å². The van der Waals surface area contributed by atoms with Crippen LogP contribution in [0.15, 0.2) is 47.7 Å². The van der Waals surface area contributed by atoms with Crippen LogP contribution in [0.3, 0.4) is 0 Å². The molecule has 2 N–H and O–H groups in total. The summed E-state index contributed by atoms with van der Waals surface area (Å²) in [5, 5.41) is 3.92. The molecule has 29 heavy (non-hydrogen) atoms. The highest BCUT2D eigenvalue weighted by atomic mass is 35.5. The number of rotatable bonds is 5. The van der Waals surface area contributed by atoms with Crippen LogP contribution in [0.5, 0.6) is 0 Å². The monoisotopic (exact) mass is 416 g/mol. The Bertz CT molecular complexity index is 1100. The van der Waals surface area contributed by atoms with Crippen LogP contribution < -0.4 is 10.9 Å². The van der Waals surface area contributed by atoms with Gasteiger partial charge in [-0.25, -0.2) is 9.18 Å². The number of aromatic amines is 1. The number of anilines is 1. The number of hydrogen-bond donors (Lipinski definition) is 2. The molecule has 0 saturated heterocycles. The minimum atomic E-state index is -0.551. The van der Waals surface area contributed by atoms with E-state index >= 15 is 0 Å². The topological polar surface area (TPSA) is 78.1 Å². The van der Waals surface area contributed by atoms with Crippen molar-refractivity contribution in [3.8, 4) is 0 Å². The Labute approximate surface area is 172 Å². The highest BCUT2D eigenvalue weighted by Gasteiger charge is 2.24. The van der Waals surface area contributed by atoms with E-state index in [4.69, 9.17) is 11.6 Å². The number of aromatic nitrogens is 2. The number of benzene rings is 1. The van der Waals surface area contributed by atoms with E-state index in [0.29, 0.717) is 17.6 Å². The van der Waals surface area contributed by atoms with Crippen molar-refractivity contribution in [2.45, 2.75) is 26.8 Å². The van der Waals surface area contributed by atoms with E-state index in [1.54, 1.807) is 23.4 Å². The zero-order valence-corrected chi connectivity index (χ0v) is 17.1. The zero-order chi connectivity index (χ0) is 21.1. The quantitative estimate of drug-likeness (QED) is 0.616. The first-order chi connectivity index (χ1) is 13.8. The smallest absolute Gasteiger partial charge is 0.322 e. The largest absolute Gasteiger partial charge is 0.328 e. The molecule has 2 aromatic heterocycles. The van der Waals surface area contributed by atoms with Crippen molar-refractivity contribution in [3.63, 3.8) is 0 Å². The van der Waals surface area contributed by atoms with Gasteiger partial charge in [-0.3, -0.25) is 9.78 Å². The maximum Gasteiger partial charge on any atom is 0.322 e. The Hall–Kier alpha value is -2.93. The van der Waals surface area contributed by atoms with Crippen molar-refractivity contribution in [2.75, 3.05) is 11.9 Å². The minimum Gasteiger partial charge on any atom is -0.328 e. The van der Waals surface area contributed by atoms with Gasteiger partial charge in [0.15, 0.2) is 0 Å². The van der Waals surface area contributed by atoms with Crippen LogP contribution in [0.25, 0.3) is 10.8 Å². The van der Waals surface area contributed by atoms with Gasteiger partial charge in [-0.2, -0.15) is 0 Å². The van der Waals surface area contributed by atoms with Crippen LogP contribution in [0.1, 0.15) is 32.4 Å². The van der Waals surface area contributed by atoms with E-state index in [-0.39, 0.29) is 28.6 Å². The van der Waals surface area contributed by atoms with Gasteiger partial charge in [0.25, 0.3) is 5.56 Å². The highest BCUT2D eigenvalue weighted by Crippen LogP contribution is 2.27. The Kier molecular flexibility index (Phi) is 6.17. The molecular weight excluding hydrogens is 395 g/mol. The molecule has 6 nitrogen and oxygen atoms in total. The molecule has 0 spiro atoms. The summed E-state index contributed by atoms with van der Waals surface area (Å²) >= 11 is 5.82. The first-order valence-electron chi connectivity index (χ1n) is 9.26. The van der Waals surface area contributed by atoms with Crippen LogP contribution in [0.4, 0.5) is 14.9 Å². The summed E-state index contributed by atoms with van der Waals surface area (Å²) in [6.45, 7) is 6.40. The lowest BCUT2D eigenvalue weighted by atomic mass is 10.0. The summed E-state index contributed by atoms with van der Waals surface area (Å²) in [5.41, 5.74) is 0.970. The average molecular weight is 417 g/mol. The van der Waals surface area contributed by atoms with E-state index in [1.807, 2.05) is 20.8 Å². The number of carbonyl (C=O) groups is 1. The van der Waals surface area contributed by atoms with E-state index in [2.05, 4.69) is 15.3 Å². The molecule has 0 radical (unpaired) electrons. The second kappa shape index (κ2) is 8.61. The van der Waals surface area contributed by atoms with Gasteiger partial charge >= 0.3 is 6.03 Å². The zero-order valence-electron chi connectivity index (χ0n) is 16.4. The van der Waals surface area contributed by atoms with Gasteiger partial charge < -0.3 is 15.2 Å². The number of carbonyl (C=O) groups excluding carboxylic acids is 1. The summed E-state index contributed by atoms with van der Waals surface area (Å²) in [7, 11) is 0. The first-order valence-corrected chi connectivity index (χ1v) is 9.63. The van der Waals surface area contributed by atoms with Crippen LogP contribution >= 0.6 is 11.6 Å². The van der Waals surface area contributed by atoms with Gasteiger partial charge in [-0.15, -0.1) is 0 Å². The number of urea groups is 1. The van der Waals surface area contributed by atoms with Crippen molar-refractivity contribution in [1.29, 1.82) is 0 Å². The van der Waals surface area contributed by atoms with E-state index < -0.39 is 5.82 Å². The number of pyridine rings is 2. The van der Waals surface area contributed by atoms with Gasteiger partial charge in [0.1, 0.15) is 5.82 Å². The number of H-pyrrole nitrogens is 1. The minimum absolute atomic E-state index is 0.0645. The summed E-state index contributed by atoms with van der Waals surface area (Å²) < 4.78 is 13.4. The molecule has 3 aromatic rings. The fourth-order valence-corrected chi connectivity index (χ4v) is 3.40. The van der Waals surface area contributed by atoms with E-state index in [1.165, 1.54) is 24.4 Å². The second-order valence-electron chi connectivity index (χ2n) is 7.28.